The molecule has 0 unspecified atom stereocenters. The van der Waals surface area contributed by atoms with E-state index in [2.05, 4.69) is 0 Å². The number of hydrogen-bond donors (Lipinski definition) is 1. The van der Waals surface area contributed by atoms with Crippen LogP contribution in [0.3, 0.4) is 0 Å². The number of halogens is 3. The molecule has 0 saturated heterocycles. The molecule has 1 N–H and O–H groups in total. The maximum Gasteiger partial charge on any atom is 0.203 e. The fourth-order valence-electron chi connectivity index (χ4n) is 1.66. The highest BCUT2D eigenvalue weighted by molar-refractivity contribution is 5.26. The van der Waals surface area contributed by atoms with Crippen LogP contribution in [0.5, 0.6) is 5.75 Å². The van der Waals surface area contributed by atoms with Crippen LogP contribution in [0.2, 0.25) is 0 Å². The number of benzene rings is 1. The van der Waals surface area contributed by atoms with Gasteiger partial charge in [-0.1, -0.05) is 0 Å². The molecule has 1 aliphatic carbocycles. The van der Waals surface area contributed by atoms with Gasteiger partial charge in [-0.25, -0.2) is 8.78 Å². The number of aliphatic hydroxyl groups excluding tert-OH is 1. The van der Waals surface area contributed by atoms with E-state index in [1.54, 1.807) is 0 Å². The minimum Gasteiger partial charge on any atom is -0.490 e. The second-order valence-electron chi connectivity index (χ2n) is 3.98. The third-order valence-corrected chi connectivity index (χ3v) is 2.69. The molecule has 1 fully saturated rings. The Morgan fingerprint density at radius 2 is 1.88 bits per heavy atom. The van der Waals surface area contributed by atoms with Gasteiger partial charge in [-0.15, -0.1) is 0 Å². The molecule has 88 valence electrons. The first-order valence-electron chi connectivity index (χ1n) is 5.02. The van der Waals surface area contributed by atoms with Gasteiger partial charge in [0.2, 0.25) is 5.82 Å². The highest BCUT2D eigenvalue weighted by Crippen LogP contribution is 2.29. The van der Waals surface area contributed by atoms with Crippen LogP contribution in [-0.4, -0.2) is 17.8 Å². The monoisotopic (exact) mass is 232 g/mol. The predicted octanol–water partition coefficient (Wildman–Crippen LogP) is 2.25. The Morgan fingerprint density at radius 1 is 1.19 bits per heavy atom. The Balaban J connectivity index is 1.97. The molecule has 0 spiro atoms. The molecule has 0 aliphatic heterocycles. The molecule has 5 heteroatoms. The van der Waals surface area contributed by atoms with Crippen molar-refractivity contribution in [3.63, 3.8) is 0 Å². The van der Waals surface area contributed by atoms with Crippen molar-refractivity contribution in [1.29, 1.82) is 0 Å². The molecule has 1 aromatic carbocycles. The molecule has 0 bridgehead atoms. The number of aliphatic hydroxyl groups is 1. The summed E-state index contributed by atoms with van der Waals surface area (Å²) in [6, 6.07) is 1.88. The van der Waals surface area contributed by atoms with Gasteiger partial charge in [0, 0.05) is 0 Å². The molecule has 0 radical (unpaired) electrons. The molecule has 1 saturated carbocycles. The smallest absolute Gasteiger partial charge is 0.203 e. The van der Waals surface area contributed by atoms with Crippen molar-refractivity contribution in [3.8, 4) is 5.75 Å². The normalized spacial score (nSPS) is 24.0. The van der Waals surface area contributed by atoms with E-state index in [1.807, 2.05) is 0 Å². The summed E-state index contributed by atoms with van der Waals surface area (Å²) < 4.78 is 43.5. The van der Waals surface area contributed by atoms with Gasteiger partial charge in [0.25, 0.3) is 0 Å². The zero-order chi connectivity index (χ0) is 11.7. The largest absolute Gasteiger partial charge is 0.490 e. The molecule has 16 heavy (non-hydrogen) atoms. The summed E-state index contributed by atoms with van der Waals surface area (Å²) in [4.78, 5) is 0. The fourth-order valence-corrected chi connectivity index (χ4v) is 1.66. The van der Waals surface area contributed by atoms with Crippen LogP contribution in [0.25, 0.3) is 0 Å². The topological polar surface area (TPSA) is 29.5 Å². The van der Waals surface area contributed by atoms with Crippen molar-refractivity contribution >= 4 is 0 Å². The van der Waals surface area contributed by atoms with Gasteiger partial charge in [-0.3, -0.25) is 0 Å². The van der Waals surface area contributed by atoms with E-state index in [4.69, 9.17) is 9.84 Å². The van der Waals surface area contributed by atoms with E-state index in [9.17, 15) is 13.2 Å². The zero-order valence-electron chi connectivity index (χ0n) is 8.42. The molecule has 0 amide bonds. The standard InChI is InChI=1S/C11H11F3O2/c12-8-1-2-9(11(14)10(8)13)16-5-6-3-7(15)4-6/h1-2,6-7,15H,3-5H2. The summed E-state index contributed by atoms with van der Waals surface area (Å²) in [5, 5.41) is 9.01. The maximum absolute atomic E-state index is 13.1. The lowest BCUT2D eigenvalue weighted by Crippen LogP contribution is -2.32. The number of hydrogen-bond acceptors (Lipinski definition) is 2. The Hall–Kier alpha value is -1.23. The van der Waals surface area contributed by atoms with Gasteiger partial charge in [0.15, 0.2) is 17.4 Å². The fraction of sp³-hybridized carbons (Fsp3) is 0.455. The van der Waals surface area contributed by atoms with Crippen LogP contribution >= 0.6 is 0 Å². The van der Waals surface area contributed by atoms with Crippen molar-refractivity contribution in [2.45, 2.75) is 18.9 Å². The Kier molecular flexibility index (Phi) is 3.05. The van der Waals surface area contributed by atoms with Crippen LogP contribution in [-0.2, 0) is 0 Å². The zero-order valence-corrected chi connectivity index (χ0v) is 8.42. The van der Waals surface area contributed by atoms with Crippen molar-refractivity contribution in [2.75, 3.05) is 6.61 Å². The van der Waals surface area contributed by atoms with Crippen molar-refractivity contribution in [1.82, 2.24) is 0 Å². The average Bonchev–Trinajstić information content (AvgIpc) is 2.22. The summed E-state index contributed by atoms with van der Waals surface area (Å²) in [6.45, 7) is 0.207. The molecule has 0 atom stereocenters. The van der Waals surface area contributed by atoms with E-state index in [-0.39, 0.29) is 24.4 Å². The van der Waals surface area contributed by atoms with Crippen LogP contribution in [0.15, 0.2) is 12.1 Å². The minimum absolute atomic E-state index is 0.155. The number of rotatable bonds is 3. The Morgan fingerprint density at radius 3 is 2.50 bits per heavy atom. The molecular formula is C11H11F3O2. The van der Waals surface area contributed by atoms with Crippen LogP contribution < -0.4 is 4.74 Å². The summed E-state index contributed by atoms with van der Waals surface area (Å²) in [5.41, 5.74) is 0. The van der Waals surface area contributed by atoms with E-state index in [0.29, 0.717) is 12.8 Å². The molecule has 0 aromatic heterocycles. The first-order valence-corrected chi connectivity index (χ1v) is 5.02. The maximum atomic E-state index is 13.1. The predicted molar refractivity (Wildman–Crippen MR) is 50.5 cm³/mol. The quantitative estimate of drug-likeness (QED) is 0.810. The molecule has 1 aromatic rings. The van der Waals surface area contributed by atoms with Crippen molar-refractivity contribution in [3.05, 3.63) is 29.6 Å². The second-order valence-corrected chi connectivity index (χ2v) is 3.98. The van der Waals surface area contributed by atoms with Gasteiger partial charge >= 0.3 is 0 Å². The van der Waals surface area contributed by atoms with Gasteiger partial charge in [0.1, 0.15) is 0 Å². The third-order valence-electron chi connectivity index (χ3n) is 2.69. The minimum atomic E-state index is -1.52. The van der Waals surface area contributed by atoms with Gasteiger partial charge in [-0.2, -0.15) is 4.39 Å². The first-order chi connectivity index (χ1) is 7.58. The average molecular weight is 232 g/mol. The van der Waals surface area contributed by atoms with Gasteiger partial charge in [0.05, 0.1) is 12.7 Å². The summed E-state index contributed by atoms with van der Waals surface area (Å²) in [6.07, 6.45) is 0.889. The lowest BCUT2D eigenvalue weighted by atomic mass is 9.83. The summed E-state index contributed by atoms with van der Waals surface area (Å²) >= 11 is 0. The van der Waals surface area contributed by atoms with Gasteiger partial charge in [-0.05, 0) is 30.9 Å². The van der Waals surface area contributed by atoms with E-state index in [0.717, 1.165) is 12.1 Å². The summed E-state index contributed by atoms with van der Waals surface area (Å²) in [7, 11) is 0. The molecule has 1 aliphatic rings. The lowest BCUT2D eigenvalue weighted by Gasteiger charge is -2.30. The SMILES string of the molecule is OC1CC(COc2ccc(F)c(F)c2F)C1. The van der Waals surface area contributed by atoms with Crippen LogP contribution in [0.4, 0.5) is 13.2 Å². The van der Waals surface area contributed by atoms with Gasteiger partial charge < -0.3 is 9.84 Å². The van der Waals surface area contributed by atoms with Crippen LogP contribution in [0.1, 0.15) is 12.8 Å². The van der Waals surface area contributed by atoms with Crippen molar-refractivity contribution < 1.29 is 23.0 Å². The van der Waals surface area contributed by atoms with Crippen LogP contribution in [0, 0.1) is 23.4 Å². The third kappa shape index (κ3) is 2.14. The second kappa shape index (κ2) is 4.33. The first kappa shape index (κ1) is 11.3. The Labute approximate surface area is 90.7 Å². The number of ether oxygens (including phenoxy) is 1. The molecule has 2 nitrogen and oxygen atoms in total. The highest BCUT2D eigenvalue weighted by Gasteiger charge is 2.28. The molecule has 2 rings (SSSR count). The lowest BCUT2D eigenvalue weighted by molar-refractivity contribution is 0.0195. The molecule has 0 heterocycles. The van der Waals surface area contributed by atoms with Crippen molar-refractivity contribution in [2.24, 2.45) is 5.92 Å². The highest BCUT2D eigenvalue weighted by atomic mass is 19.2. The van der Waals surface area contributed by atoms with E-state index < -0.39 is 17.5 Å². The summed E-state index contributed by atoms with van der Waals surface area (Å²) in [5.74, 6) is -4.20. The van der Waals surface area contributed by atoms with E-state index in [1.165, 1.54) is 0 Å². The van der Waals surface area contributed by atoms with E-state index >= 15 is 0 Å². The Bertz CT molecular complexity index is 389. The molecular weight excluding hydrogens is 221 g/mol.